The third-order valence-electron chi connectivity index (χ3n) is 2.09. The Morgan fingerprint density at radius 3 is 3.25 bits per heavy atom. The van der Waals surface area contributed by atoms with Crippen molar-refractivity contribution in [3.63, 3.8) is 0 Å². The summed E-state index contributed by atoms with van der Waals surface area (Å²) >= 11 is 0. The summed E-state index contributed by atoms with van der Waals surface area (Å²) in [6.45, 7) is 2.46. The highest BCUT2D eigenvalue weighted by Crippen LogP contribution is 2.10. The lowest BCUT2D eigenvalue weighted by Gasteiger charge is -2.11. The lowest BCUT2D eigenvalue weighted by atomic mass is 10.3. The molecule has 2 N–H and O–H groups in total. The second-order valence-electron chi connectivity index (χ2n) is 3.11. The Morgan fingerprint density at radius 1 is 1.75 bits per heavy atom. The monoisotopic (exact) mass is 168 g/mol. The van der Waals surface area contributed by atoms with Crippen LogP contribution in [0.3, 0.4) is 0 Å². The number of nitrogens with one attached hydrogen (secondary N) is 1. The van der Waals surface area contributed by atoms with Crippen LogP contribution in [-0.2, 0) is 6.54 Å². The van der Waals surface area contributed by atoms with E-state index in [1.807, 2.05) is 0 Å². The molecule has 0 radical (unpaired) electrons. The number of nitrogens with zero attached hydrogens (tertiary/aromatic N) is 3. The molecule has 1 aliphatic rings. The number of aromatic nitrogens is 3. The Labute approximate surface area is 70.4 Å². The number of hydrogen-bond donors (Lipinski definition) is 2. The van der Waals surface area contributed by atoms with Gasteiger partial charge in [-0.15, -0.1) is 0 Å². The number of aromatic amines is 1. The standard InChI is InChI=1S/C7H12N4O/c12-6-1-2-11(3-6)4-7-8-5-9-10-7/h5-6,12H,1-4H2,(H,8,9,10)/t6-/m1/s1. The molecule has 5 heteroatoms. The lowest BCUT2D eigenvalue weighted by molar-refractivity contribution is 0.174. The minimum absolute atomic E-state index is 0.159. The number of rotatable bonds is 2. The molecule has 1 aliphatic heterocycles. The van der Waals surface area contributed by atoms with Crippen LogP contribution in [0.2, 0.25) is 0 Å². The second kappa shape index (κ2) is 3.20. The second-order valence-corrected chi connectivity index (χ2v) is 3.11. The van der Waals surface area contributed by atoms with E-state index in [1.165, 1.54) is 6.33 Å². The molecule has 0 amide bonds. The highest BCUT2D eigenvalue weighted by Gasteiger charge is 2.20. The molecule has 0 saturated carbocycles. The molecular formula is C7H12N4O. The van der Waals surface area contributed by atoms with Crippen molar-refractivity contribution >= 4 is 0 Å². The molecule has 66 valence electrons. The van der Waals surface area contributed by atoms with Crippen LogP contribution in [0, 0.1) is 0 Å². The number of likely N-dealkylation sites (tertiary alicyclic amines) is 1. The number of hydrogen-bond acceptors (Lipinski definition) is 4. The Bertz CT molecular complexity index is 236. The van der Waals surface area contributed by atoms with Crippen LogP contribution >= 0.6 is 0 Å². The average molecular weight is 168 g/mol. The van der Waals surface area contributed by atoms with Crippen molar-refractivity contribution in [3.8, 4) is 0 Å². The van der Waals surface area contributed by atoms with Crippen LogP contribution in [0.5, 0.6) is 0 Å². The minimum Gasteiger partial charge on any atom is -0.392 e. The molecule has 0 aromatic carbocycles. The predicted octanol–water partition coefficient (Wildman–Crippen LogP) is -0.629. The smallest absolute Gasteiger partial charge is 0.138 e. The van der Waals surface area contributed by atoms with E-state index in [0.29, 0.717) is 0 Å². The van der Waals surface area contributed by atoms with E-state index in [-0.39, 0.29) is 6.10 Å². The van der Waals surface area contributed by atoms with E-state index >= 15 is 0 Å². The topological polar surface area (TPSA) is 65.0 Å². The maximum Gasteiger partial charge on any atom is 0.138 e. The number of aliphatic hydroxyl groups excluding tert-OH is 1. The van der Waals surface area contributed by atoms with Crippen LogP contribution in [-0.4, -0.2) is 44.4 Å². The van der Waals surface area contributed by atoms with E-state index < -0.39 is 0 Å². The molecular weight excluding hydrogens is 156 g/mol. The zero-order valence-electron chi connectivity index (χ0n) is 6.77. The van der Waals surface area contributed by atoms with Crippen LogP contribution in [0.1, 0.15) is 12.2 Å². The quantitative estimate of drug-likeness (QED) is 0.617. The zero-order chi connectivity index (χ0) is 8.39. The molecule has 1 atom stereocenters. The molecule has 0 spiro atoms. The summed E-state index contributed by atoms with van der Waals surface area (Å²) in [7, 11) is 0. The highest BCUT2D eigenvalue weighted by molar-refractivity contribution is 4.83. The largest absolute Gasteiger partial charge is 0.392 e. The van der Waals surface area contributed by atoms with E-state index in [1.54, 1.807) is 0 Å². The summed E-state index contributed by atoms with van der Waals surface area (Å²) in [6.07, 6.45) is 2.21. The summed E-state index contributed by atoms with van der Waals surface area (Å²) < 4.78 is 0. The van der Waals surface area contributed by atoms with E-state index in [2.05, 4.69) is 20.1 Å². The first-order chi connectivity index (χ1) is 5.84. The van der Waals surface area contributed by atoms with Gasteiger partial charge in [0.05, 0.1) is 12.6 Å². The van der Waals surface area contributed by atoms with Crippen molar-refractivity contribution in [1.82, 2.24) is 20.1 Å². The lowest BCUT2D eigenvalue weighted by Crippen LogP contribution is -2.22. The van der Waals surface area contributed by atoms with Crippen LogP contribution in [0.25, 0.3) is 0 Å². The Kier molecular flexibility index (Phi) is 2.05. The van der Waals surface area contributed by atoms with Gasteiger partial charge >= 0.3 is 0 Å². The number of H-pyrrole nitrogens is 1. The van der Waals surface area contributed by atoms with Gasteiger partial charge in [0.2, 0.25) is 0 Å². The van der Waals surface area contributed by atoms with Gasteiger partial charge in [-0.05, 0) is 6.42 Å². The maximum absolute atomic E-state index is 9.24. The Hall–Kier alpha value is -0.940. The first-order valence-electron chi connectivity index (χ1n) is 4.09. The third-order valence-corrected chi connectivity index (χ3v) is 2.09. The summed E-state index contributed by atoms with van der Waals surface area (Å²) in [5.74, 6) is 0.865. The predicted molar refractivity (Wildman–Crippen MR) is 42.3 cm³/mol. The molecule has 12 heavy (non-hydrogen) atoms. The van der Waals surface area contributed by atoms with E-state index in [9.17, 15) is 5.11 Å². The van der Waals surface area contributed by atoms with Crippen molar-refractivity contribution in [2.45, 2.75) is 19.1 Å². The van der Waals surface area contributed by atoms with Gasteiger partial charge in [0, 0.05) is 13.1 Å². The van der Waals surface area contributed by atoms with Gasteiger partial charge in [0.25, 0.3) is 0 Å². The van der Waals surface area contributed by atoms with Gasteiger partial charge in [0.15, 0.2) is 0 Å². The van der Waals surface area contributed by atoms with Gasteiger partial charge in [0.1, 0.15) is 12.2 Å². The van der Waals surface area contributed by atoms with Gasteiger partial charge < -0.3 is 5.11 Å². The first kappa shape index (κ1) is 7.70. The maximum atomic E-state index is 9.24. The normalized spacial score (nSPS) is 24.9. The van der Waals surface area contributed by atoms with Gasteiger partial charge in [-0.2, -0.15) is 5.10 Å². The van der Waals surface area contributed by atoms with E-state index in [4.69, 9.17) is 0 Å². The Morgan fingerprint density at radius 2 is 2.67 bits per heavy atom. The zero-order valence-corrected chi connectivity index (χ0v) is 6.77. The molecule has 0 aliphatic carbocycles. The van der Waals surface area contributed by atoms with Crippen molar-refractivity contribution in [2.24, 2.45) is 0 Å². The summed E-state index contributed by atoms with van der Waals surface area (Å²) in [6, 6.07) is 0. The van der Waals surface area contributed by atoms with Gasteiger partial charge in [-0.3, -0.25) is 10.00 Å². The van der Waals surface area contributed by atoms with Crippen LogP contribution in [0.15, 0.2) is 6.33 Å². The number of aliphatic hydroxyl groups is 1. The summed E-state index contributed by atoms with van der Waals surface area (Å²) in [5, 5.41) is 15.8. The fraction of sp³-hybridized carbons (Fsp3) is 0.714. The van der Waals surface area contributed by atoms with Crippen LogP contribution < -0.4 is 0 Å². The van der Waals surface area contributed by atoms with Crippen molar-refractivity contribution in [2.75, 3.05) is 13.1 Å². The number of β-amino-alcohol motifs (C(OH)–C–C–N with tert-alkyl or cyclic N) is 1. The van der Waals surface area contributed by atoms with Gasteiger partial charge in [-0.25, -0.2) is 4.98 Å². The van der Waals surface area contributed by atoms with Crippen molar-refractivity contribution in [1.29, 1.82) is 0 Å². The molecule has 1 fully saturated rings. The van der Waals surface area contributed by atoms with Gasteiger partial charge in [-0.1, -0.05) is 0 Å². The molecule has 1 aromatic rings. The molecule has 0 bridgehead atoms. The first-order valence-corrected chi connectivity index (χ1v) is 4.09. The van der Waals surface area contributed by atoms with Crippen LogP contribution in [0.4, 0.5) is 0 Å². The minimum atomic E-state index is -0.159. The molecule has 5 nitrogen and oxygen atoms in total. The fourth-order valence-electron chi connectivity index (χ4n) is 1.47. The van der Waals surface area contributed by atoms with Crippen molar-refractivity contribution < 1.29 is 5.11 Å². The van der Waals surface area contributed by atoms with E-state index in [0.717, 1.165) is 31.9 Å². The molecule has 1 aromatic heterocycles. The summed E-state index contributed by atoms with van der Waals surface area (Å²) in [4.78, 5) is 6.17. The highest BCUT2D eigenvalue weighted by atomic mass is 16.3. The fourth-order valence-corrected chi connectivity index (χ4v) is 1.47. The third kappa shape index (κ3) is 1.62. The summed E-state index contributed by atoms with van der Waals surface area (Å²) in [5.41, 5.74) is 0. The molecule has 2 heterocycles. The average Bonchev–Trinajstić information content (AvgIpc) is 2.63. The molecule has 2 rings (SSSR count). The molecule has 1 saturated heterocycles. The molecule has 0 unspecified atom stereocenters. The SMILES string of the molecule is O[C@@H]1CCN(Cc2ncn[nH]2)C1. The Balaban J connectivity index is 1.88. The van der Waals surface area contributed by atoms with Crippen molar-refractivity contribution in [3.05, 3.63) is 12.2 Å².